The Balaban J connectivity index is 1.96. The summed E-state index contributed by atoms with van der Waals surface area (Å²) in [5.41, 5.74) is -0.694. The molecule has 3 N–H and O–H groups in total. The molecular weight excluding hydrogens is 342 g/mol. The molecule has 4 rings (SSSR count). The molecule has 0 saturated carbocycles. The second-order valence-corrected chi connectivity index (χ2v) is 6.09. The van der Waals surface area contributed by atoms with Crippen LogP contribution in [0, 0.1) is 0 Å². The highest BCUT2D eigenvalue weighted by molar-refractivity contribution is 6.12. The minimum Gasteiger partial charge on any atom is -0.507 e. The summed E-state index contributed by atoms with van der Waals surface area (Å²) in [7, 11) is 0. The molecule has 2 aliphatic heterocycles. The third-order valence-electron chi connectivity index (χ3n) is 4.75. The third kappa shape index (κ3) is 2.05. The fourth-order valence-electron chi connectivity index (χ4n) is 3.59. The van der Waals surface area contributed by atoms with Crippen molar-refractivity contribution in [3.05, 3.63) is 47.5 Å². The maximum absolute atomic E-state index is 13.2. The minimum atomic E-state index is -1.63. The molecule has 134 valence electrons. The fraction of sp³-hybridized carbons (Fsp3) is 0.222. The Hall–Kier alpha value is -3.26. The number of hydrogen-bond donors (Lipinski definition) is 3. The summed E-state index contributed by atoms with van der Waals surface area (Å²) in [5, 5.41) is 29.9. The summed E-state index contributed by atoms with van der Waals surface area (Å²) in [4.78, 5) is 25.5. The average Bonchev–Trinajstić information content (AvgIpc) is 3.16. The number of phenols is 1. The predicted molar refractivity (Wildman–Crippen MR) is 88.5 cm³/mol. The molecule has 0 bridgehead atoms. The van der Waals surface area contributed by atoms with Gasteiger partial charge in [-0.3, -0.25) is 14.5 Å². The average molecular weight is 357 g/mol. The molecule has 8 nitrogen and oxygen atoms in total. The standard InChI is InChI=1S/C18H15NO7/c20-8-18(11-5-14-15(6-13(11)21)26-9-25-14)10-3-1-2-4-12(10)19(17(18)24)7-16(22)23/h1-6,20-21H,7-9H2,(H,22,23). The molecule has 26 heavy (non-hydrogen) atoms. The lowest BCUT2D eigenvalue weighted by atomic mass is 9.75. The fourth-order valence-corrected chi connectivity index (χ4v) is 3.59. The number of carbonyl (C=O) groups is 2. The number of carboxylic acid groups (broad SMARTS) is 1. The lowest BCUT2D eigenvalue weighted by Crippen LogP contribution is -2.45. The van der Waals surface area contributed by atoms with Gasteiger partial charge in [0, 0.05) is 17.3 Å². The first-order valence-electron chi connectivity index (χ1n) is 7.86. The highest BCUT2D eigenvalue weighted by Crippen LogP contribution is 2.51. The van der Waals surface area contributed by atoms with Crippen molar-refractivity contribution in [1.29, 1.82) is 0 Å². The number of ether oxygens (including phenoxy) is 2. The van der Waals surface area contributed by atoms with Gasteiger partial charge >= 0.3 is 5.97 Å². The molecule has 0 fully saturated rings. The summed E-state index contributed by atoms with van der Waals surface area (Å²) < 4.78 is 10.5. The zero-order chi connectivity index (χ0) is 18.5. The van der Waals surface area contributed by atoms with Crippen LogP contribution in [0.25, 0.3) is 0 Å². The first-order chi connectivity index (χ1) is 12.5. The van der Waals surface area contributed by atoms with E-state index >= 15 is 0 Å². The Morgan fingerprint density at radius 2 is 1.85 bits per heavy atom. The largest absolute Gasteiger partial charge is 0.507 e. The summed E-state index contributed by atoms with van der Waals surface area (Å²) in [6.45, 7) is -1.21. The number of nitrogens with zero attached hydrogens (tertiary/aromatic N) is 1. The second-order valence-electron chi connectivity index (χ2n) is 6.09. The van der Waals surface area contributed by atoms with E-state index < -0.39 is 30.4 Å². The zero-order valence-corrected chi connectivity index (χ0v) is 13.5. The number of rotatable bonds is 4. The van der Waals surface area contributed by atoms with E-state index in [1.165, 1.54) is 12.1 Å². The van der Waals surface area contributed by atoms with Gasteiger partial charge in [-0.1, -0.05) is 18.2 Å². The molecule has 8 heteroatoms. The summed E-state index contributed by atoms with van der Waals surface area (Å²) in [6.07, 6.45) is 0. The van der Waals surface area contributed by atoms with Crippen LogP contribution in [0.3, 0.4) is 0 Å². The van der Waals surface area contributed by atoms with Crippen LogP contribution >= 0.6 is 0 Å². The van der Waals surface area contributed by atoms with Gasteiger partial charge in [0.05, 0.1) is 6.61 Å². The van der Waals surface area contributed by atoms with E-state index in [-0.39, 0.29) is 18.1 Å². The number of carbonyl (C=O) groups excluding carboxylic acids is 1. The Bertz CT molecular complexity index is 926. The Labute approximate surface area is 147 Å². The number of phenolic OH excluding ortho intramolecular Hbond substituents is 1. The van der Waals surface area contributed by atoms with Crippen LogP contribution in [0.5, 0.6) is 17.2 Å². The molecule has 0 spiro atoms. The van der Waals surface area contributed by atoms with Gasteiger partial charge in [0.1, 0.15) is 17.7 Å². The third-order valence-corrected chi connectivity index (χ3v) is 4.75. The van der Waals surface area contributed by atoms with Crippen LogP contribution in [0.15, 0.2) is 36.4 Å². The highest BCUT2D eigenvalue weighted by atomic mass is 16.7. The van der Waals surface area contributed by atoms with E-state index in [0.29, 0.717) is 22.7 Å². The lowest BCUT2D eigenvalue weighted by molar-refractivity contribution is -0.137. The Morgan fingerprint density at radius 3 is 2.54 bits per heavy atom. The molecule has 1 unspecified atom stereocenters. The molecule has 1 amide bonds. The normalized spacial score (nSPS) is 20.3. The van der Waals surface area contributed by atoms with Gasteiger partial charge in [-0.25, -0.2) is 0 Å². The molecule has 0 aliphatic carbocycles. The van der Waals surface area contributed by atoms with Crippen molar-refractivity contribution < 1.29 is 34.4 Å². The molecule has 0 radical (unpaired) electrons. The summed E-state index contributed by atoms with van der Waals surface area (Å²) >= 11 is 0. The number of anilines is 1. The number of amides is 1. The second kappa shape index (κ2) is 5.63. The molecule has 2 aromatic rings. The number of aliphatic hydroxyl groups excluding tert-OH is 1. The van der Waals surface area contributed by atoms with Gasteiger partial charge in [0.2, 0.25) is 12.7 Å². The lowest BCUT2D eigenvalue weighted by Gasteiger charge is -2.28. The van der Waals surface area contributed by atoms with Crippen molar-refractivity contribution in [2.75, 3.05) is 24.8 Å². The Morgan fingerprint density at radius 1 is 1.15 bits per heavy atom. The van der Waals surface area contributed by atoms with E-state index in [1.54, 1.807) is 24.3 Å². The van der Waals surface area contributed by atoms with E-state index in [2.05, 4.69) is 0 Å². The van der Waals surface area contributed by atoms with Crippen LogP contribution in [-0.4, -0.2) is 47.1 Å². The van der Waals surface area contributed by atoms with Crippen LogP contribution in [0.4, 0.5) is 5.69 Å². The Kier molecular flexibility index (Phi) is 3.52. The van der Waals surface area contributed by atoms with Crippen molar-refractivity contribution in [1.82, 2.24) is 0 Å². The maximum Gasteiger partial charge on any atom is 0.323 e. The number of fused-ring (bicyclic) bond motifs is 2. The SMILES string of the molecule is O=C(O)CN1C(=O)C(CO)(c2cc3c(cc2O)OCO3)c2ccccc21. The van der Waals surface area contributed by atoms with Crippen molar-refractivity contribution in [3.63, 3.8) is 0 Å². The van der Waals surface area contributed by atoms with E-state index in [1.807, 2.05) is 0 Å². The van der Waals surface area contributed by atoms with Crippen LogP contribution in [0.1, 0.15) is 11.1 Å². The molecule has 2 aliphatic rings. The van der Waals surface area contributed by atoms with Crippen LogP contribution < -0.4 is 14.4 Å². The van der Waals surface area contributed by atoms with Gasteiger partial charge < -0.3 is 24.8 Å². The number of aromatic hydroxyl groups is 1. The number of aliphatic hydroxyl groups is 1. The van der Waals surface area contributed by atoms with E-state index in [0.717, 1.165) is 4.90 Å². The summed E-state index contributed by atoms with van der Waals surface area (Å²) in [5.74, 6) is -1.38. The quantitative estimate of drug-likeness (QED) is 0.742. The van der Waals surface area contributed by atoms with Crippen molar-refractivity contribution in [2.24, 2.45) is 0 Å². The molecule has 1 atom stereocenters. The van der Waals surface area contributed by atoms with E-state index in [9.17, 15) is 19.8 Å². The number of benzene rings is 2. The molecule has 2 heterocycles. The van der Waals surface area contributed by atoms with Crippen LogP contribution in [0.2, 0.25) is 0 Å². The number of carboxylic acids is 1. The summed E-state index contributed by atoms with van der Waals surface area (Å²) in [6, 6.07) is 9.38. The first kappa shape index (κ1) is 16.2. The van der Waals surface area contributed by atoms with Gasteiger partial charge in [-0.05, 0) is 17.7 Å². The molecule has 0 saturated heterocycles. The monoisotopic (exact) mass is 357 g/mol. The van der Waals surface area contributed by atoms with Gasteiger partial charge in [0.15, 0.2) is 11.5 Å². The highest BCUT2D eigenvalue weighted by Gasteiger charge is 2.53. The van der Waals surface area contributed by atoms with Crippen molar-refractivity contribution in [3.8, 4) is 17.2 Å². The van der Waals surface area contributed by atoms with E-state index in [4.69, 9.17) is 14.6 Å². The minimum absolute atomic E-state index is 0.0139. The topological polar surface area (TPSA) is 117 Å². The molecule has 2 aromatic carbocycles. The maximum atomic E-state index is 13.2. The predicted octanol–water partition coefficient (Wildman–Crippen LogP) is 0.830. The number of para-hydroxylation sites is 1. The van der Waals surface area contributed by atoms with Crippen molar-refractivity contribution in [2.45, 2.75) is 5.41 Å². The van der Waals surface area contributed by atoms with Crippen molar-refractivity contribution >= 4 is 17.6 Å². The zero-order valence-electron chi connectivity index (χ0n) is 13.5. The first-order valence-corrected chi connectivity index (χ1v) is 7.86. The smallest absolute Gasteiger partial charge is 0.323 e. The number of hydrogen-bond acceptors (Lipinski definition) is 6. The van der Waals surface area contributed by atoms with Gasteiger partial charge in [-0.15, -0.1) is 0 Å². The number of aliphatic carboxylic acids is 1. The molecular formula is C18H15NO7. The molecule has 0 aromatic heterocycles. The van der Waals surface area contributed by atoms with Gasteiger partial charge in [0.25, 0.3) is 0 Å². The van der Waals surface area contributed by atoms with Gasteiger partial charge in [-0.2, -0.15) is 0 Å². The van der Waals surface area contributed by atoms with Crippen LogP contribution in [-0.2, 0) is 15.0 Å².